The lowest BCUT2D eigenvalue weighted by Gasteiger charge is -2.12. The molecule has 1 aliphatic rings. The fourth-order valence-electron chi connectivity index (χ4n) is 0.932. The molecule has 1 rings (SSSR count). The number of ether oxygens (including phenoxy) is 1. The summed E-state index contributed by atoms with van der Waals surface area (Å²) in [6.45, 7) is 1.44. The van der Waals surface area contributed by atoms with E-state index in [4.69, 9.17) is 0 Å². The smallest absolute Gasteiger partial charge is 0.302 e. The Kier molecular flexibility index (Phi) is 2.79. The molecule has 0 N–H and O–H groups in total. The molecule has 70 valence electrons. The topological polar surface area (TPSA) is 63.7 Å². The van der Waals surface area contributed by atoms with E-state index in [1.165, 1.54) is 19.1 Å². The van der Waals surface area contributed by atoms with Crippen LogP contribution in [-0.2, 0) is 19.1 Å². The molecule has 0 spiro atoms. The maximum absolute atomic E-state index is 10.9. The van der Waals surface area contributed by atoms with E-state index in [1.54, 1.807) is 0 Å². The lowest BCUT2D eigenvalue weighted by atomic mass is 10.5. The standard InChI is InChI=1S/C8H9NO4/c1-6(10)13-5-4-9-7(11)2-3-8(9)12/h2-3H,4-5H2,1H3. The number of nitrogens with zero attached hydrogens (tertiary/aromatic N) is 1. The Balaban J connectivity index is 2.34. The molecule has 0 radical (unpaired) electrons. The molecule has 1 aliphatic heterocycles. The molecule has 0 aliphatic carbocycles. The summed E-state index contributed by atoms with van der Waals surface area (Å²) in [6.07, 6.45) is 2.38. The molecule has 0 aromatic carbocycles. The van der Waals surface area contributed by atoms with E-state index in [0.29, 0.717) is 0 Å². The van der Waals surface area contributed by atoms with Gasteiger partial charge in [-0.2, -0.15) is 0 Å². The highest BCUT2D eigenvalue weighted by atomic mass is 16.5. The molecule has 2 amide bonds. The first-order chi connectivity index (χ1) is 6.11. The summed E-state index contributed by atoms with van der Waals surface area (Å²) in [4.78, 5) is 33.2. The molecule has 0 atom stereocenters. The van der Waals surface area contributed by atoms with Crippen LogP contribution in [0.1, 0.15) is 6.92 Å². The Labute approximate surface area is 75.0 Å². The zero-order valence-electron chi connectivity index (χ0n) is 7.15. The van der Waals surface area contributed by atoms with Gasteiger partial charge in [0.15, 0.2) is 0 Å². The molecule has 0 fully saturated rings. The van der Waals surface area contributed by atoms with Crippen molar-refractivity contribution in [1.29, 1.82) is 0 Å². The van der Waals surface area contributed by atoms with Crippen LogP contribution >= 0.6 is 0 Å². The summed E-state index contributed by atoms with van der Waals surface area (Å²) in [5.41, 5.74) is 0. The van der Waals surface area contributed by atoms with Gasteiger partial charge < -0.3 is 4.74 Å². The number of rotatable bonds is 3. The Morgan fingerprint density at radius 2 is 1.92 bits per heavy atom. The second-order valence-corrected chi connectivity index (χ2v) is 2.50. The Hall–Kier alpha value is -1.65. The van der Waals surface area contributed by atoms with Gasteiger partial charge in [-0.3, -0.25) is 19.3 Å². The lowest BCUT2D eigenvalue weighted by molar-refractivity contribution is -0.145. The molecule has 0 aromatic heterocycles. The van der Waals surface area contributed by atoms with Gasteiger partial charge in [0.1, 0.15) is 6.61 Å². The molecule has 5 heteroatoms. The number of hydrogen-bond acceptors (Lipinski definition) is 4. The number of imide groups is 1. The van der Waals surface area contributed by atoms with Gasteiger partial charge in [0.2, 0.25) is 0 Å². The zero-order valence-corrected chi connectivity index (χ0v) is 7.15. The Morgan fingerprint density at radius 1 is 1.38 bits per heavy atom. The number of amides is 2. The van der Waals surface area contributed by atoms with Crippen LogP contribution in [0.15, 0.2) is 12.2 Å². The van der Waals surface area contributed by atoms with Crippen molar-refractivity contribution in [3.8, 4) is 0 Å². The van der Waals surface area contributed by atoms with Gasteiger partial charge in [0.05, 0.1) is 6.54 Å². The maximum Gasteiger partial charge on any atom is 0.302 e. The van der Waals surface area contributed by atoms with Gasteiger partial charge in [-0.1, -0.05) is 0 Å². The largest absolute Gasteiger partial charge is 0.464 e. The van der Waals surface area contributed by atoms with Gasteiger partial charge >= 0.3 is 5.97 Å². The first-order valence-corrected chi connectivity index (χ1v) is 3.78. The first-order valence-electron chi connectivity index (χ1n) is 3.78. The van der Waals surface area contributed by atoms with Gasteiger partial charge in [0.25, 0.3) is 11.8 Å². The monoisotopic (exact) mass is 183 g/mol. The third-order valence-corrected chi connectivity index (χ3v) is 1.52. The van der Waals surface area contributed by atoms with Gasteiger partial charge in [-0.15, -0.1) is 0 Å². The molecule has 0 bridgehead atoms. The third kappa shape index (κ3) is 2.40. The van der Waals surface area contributed by atoms with Crippen molar-refractivity contribution < 1.29 is 19.1 Å². The van der Waals surface area contributed by atoms with Crippen molar-refractivity contribution in [3.05, 3.63) is 12.2 Å². The Bertz CT molecular complexity index is 264. The highest BCUT2D eigenvalue weighted by molar-refractivity contribution is 6.12. The van der Waals surface area contributed by atoms with Crippen LogP contribution < -0.4 is 0 Å². The average Bonchev–Trinajstić information content (AvgIpc) is 2.34. The maximum atomic E-state index is 10.9. The minimum absolute atomic E-state index is 0.0501. The van der Waals surface area contributed by atoms with E-state index >= 15 is 0 Å². The summed E-state index contributed by atoms with van der Waals surface area (Å²) < 4.78 is 4.59. The third-order valence-electron chi connectivity index (χ3n) is 1.52. The van der Waals surface area contributed by atoms with Crippen LogP contribution in [-0.4, -0.2) is 35.8 Å². The summed E-state index contributed by atoms with van der Waals surface area (Å²) in [5.74, 6) is -1.15. The van der Waals surface area contributed by atoms with Crippen molar-refractivity contribution in [2.75, 3.05) is 13.2 Å². The molecule has 13 heavy (non-hydrogen) atoms. The van der Waals surface area contributed by atoms with Crippen LogP contribution in [0.25, 0.3) is 0 Å². The summed E-state index contributed by atoms with van der Waals surface area (Å²) in [5, 5.41) is 0. The molecule has 0 unspecified atom stereocenters. The van der Waals surface area contributed by atoms with E-state index in [1.807, 2.05) is 0 Å². The summed E-state index contributed by atoms with van der Waals surface area (Å²) in [6, 6.07) is 0. The fourth-order valence-corrected chi connectivity index (χ4v) is 0.932. The van der Waals surface area contributed by atoms with E-state index < -0.39 is 5.97 Å². The highest BCUT2D eigenvalue weighted by Crippen LogP contribution is 2.02. The first kappa shape index (κ1) is 9.44. The molecule has 5 nitrogen and oxygen atoms in total. The summed E-state index contributed by atoms with van der Waals surface area (Å²) >= 11 is 0. The highest BCUT2D eigenvalue weighted by Gasteiger charge is 2.22. The van der Waals surface area contributed by atoms with Crippen LogP contribution in [0.5, 0.6) is 0 Å². The molecule has 0 aromatic rings. The zero-order chi connectivity index (χ0) is 9.84. The van der Waals surface area contributed by atoms with Crippen LogP contribution in [0.2, 0.25) is 0 Å². The predicted octanol–water partition coefficient (Wildman–Crippen LogP) is -0.526. The van der Waals surface area contributed by atoms with E-state index in [0.717, 1.165) is 4.90 Å². The predicted molar refractivity (Wildman–Crippen MR) is 42.5 cm³/mol. The van der Waals surface area contributed by atoms with Crippen LogP contribution in [0.3, 0.4) is 0 Å². The van der Waals surface area contributed by atoms with Crippen molar-refractivity contribution in [1.82, 2.24) is 4.90 Å². The van der Waals surface area contributed by atoms with E-state index in [9.17, 15) is 14.4 Å². The minimum atomic E-state index is -0.424. The number of hydrogen-bond donors (Lipinski definition) is 0. The second-order valence-electron chi connectivity index (χ2n) is 2.50. The number of carbonyl (C=O) groups is 3. The normalized spacial score (nSPS) is 15.3. The van der Waals surface area contributed by atoms with Crippen molar-refractivity contribution in [2.24, 2.45) is 0 Å². The number of carbonyl (C=O) groups excluding carboxylic acids is 3. The van der Waals surface area contributed by atoms with E-state index in [-0.39, 0.29) is 25.0 Å². The van der Waals surface area contributed by atoms with Crippen molar-refractivity contribution >= 4 is 17.8 Å². The molecule has 1 heterocycles. The fraction of sp³-hybridized carbons (Fsp3) is 0.375. The molecule has 0 saturated carbocycles. The van der Waals surface area contributed by atoms with E-state index in [2.05, 4.69) is 4.74 Å². The molecular weight excluding hydrogens is 174 g/mol. The lowest BCUT2D eigenvalue weighted by Crippen LogP contribution is -2.33. The van der Waals surface area contributed by atoms with Crippen molar-refractivity contribution in [2.45, 2.75) is 6.92 Å². The van der Waals surface area contributed by atoms with Crippen LogP contribution in [0, 0.1) is 0 Å². The minimum Gasteiger partial charge on any atom is -0.464 e. The SMILES string of the molecule is CC(=O)OCCN1C(=O)C=CC1=O. The van der Waals surface area contributed by atoms with Gasteiger partial charge in [-0.05, 0) is 0 Å². The van der Waals surface area contributed by atoms with Gasteiger partial charge in [-0.25, -0.2) is 0 Å². The Morgan fingerprint density at radius 3 is 2.38 bits per heavy atom. The molecular formula is C8H9NO4. The van der Waals surface area contributed by atoms with Gasteiger partial charge in [0, 0.05) is 19.1 Å². The van der Waals surface area contributed by atoms with Crippen LogP contribution in [0.4, 0.5) is 0 Å². The average molecular weight is 183 g/mol. The number of esters is 1. The van der Waals surface area contributed by atoms with Crippen molar-refractivity contribution in [3.63, 3.8) is 0 Å². The summed E-state index contributed by atoms with van der Waals surface area (Å²) in [7, 11) is 0. The second kappa shape index (κ2) is 3.84. The molecule has 0 saturated heterocycles. The quantitative estimate of drug-likeness (QED) is 0.436.